The summed E-state index contributed by atoms with van der Waals surface area (Å²) in [4.78, 5) is 14.1. The van der Waals surface area contributed by atoms with Gasteiger partial charge in [-0.2, -0.15) is 0 Å². The average Bonchev–Trinajstić information content (AvgIpc) is 2.97. The van der Waals surface area contributed by atoms with Crippen LogP contribution >= 0.6 is 0 Å². The van der Waals surface area contributed by atoms with Crippen molar-refractivity contribution < 1.29 is 9.53 Å². The topological polar surface area (TPSA) is 41.6 Å². The number of carbonyl (C=O) groups excluding carboxylic acids is 1. The second-order valence-corrected chi connectivity index (χ2v) is 5.65. The van der Waals surface area contributed by atoms with Gasteiger partial charge in [-0.15, -0.1) is 0 Å². The minimum absolute atomic E-state index is 0.158. The number of hydrogen-bond donors (Lipinski definition) is 1. The highest BCUT2D eigenvalue weighted by molar-refractivity contribution is 5.78. The number of ether oxygens (including phenoxy) is 1. The predicted molar refractivity (Wildman–Crippen MR) is 66.8 cm³/mol. The Hall–Kier alpha value is -0.610. The summed E-state index contributed by atoms with van der Waals surface area (Å²) in [6.45, 7) is 8.46. The Morgan fingerprint density at radius 2 is 1.94 bits per heavy atom. The van der Waals surface area contributed by atoms with Gasteiger partial charge in [-0.05, 0) is 39.5 Å². The van der Waals surface area contributed by atoms with Gasteiger partial charge in [0.05, 0.1) is 18.8 Å². The molecule has 1 aliphatic carbocycles. The van der Waals surface area contributed by atoms with E-state index in [0.717, 1.165) is 19.0 Å². The van der Waals surface area contributed by atoms with E-state index in [0.29, 0.717) is 12.6 Å². The third kappa shape index (κ3) is 3.96. The van der Waals surface area contributed by atoms with E-state index in [1.54, 1.807) is 0 Å². The van der Waals surface area contributed by atoms with E-state index in [1.807, 2.05) is 0 Å². The van der Waals surface area contributed by atoms with Crippen molar-refractivity contribution in [3.63, 3.8) is 0 Å². The van der Waals surface area contributed by atoms with Crippen LogP contribution < -0.4 is 5.32 Å². The molecule has 3 atom stereocenters. The first-order chi connectivity index (χ1) is 8.04. The lowest BCUT2D eigenvalue weighted by Gasteiger charge is -2.35. The minimum Gasteiger partial charge on any atom is -0.373 e. The third-order valence-electron chi connectivity index (χ3n) is 3.58. The third-order valence-corrected chi connectivity index (χ3v) is 3.58. The van der Waals surface area contributed by atoms with Crippen molar-refractivity contribution in [1.82, 2.24) is 10.2 Å². The summed E-state index contributed by atoms with van der Waals surface area (Å²) >= 11 is 0. The number of carbonyl (C=O) groups is 1. The van der Waals surface area contributed by atoms with Crippen molar-refractivity contribution in [3.05, 3.63) is 0 Å². The normalized spacial score (nSPS) is 32.2. The van der Waals surface area contributed by atoms with E-state index >= 15 is 0 Å². The fraction of sp³-hybridized carbons (Fsp3) is 0.923. The molecule has 2 aliphatic rings. The van der Waals surface area contributed by atoms with Crippen LogP contribution in [0.5, 0.6) is 0 Å². The summed E-state index contributed by atoms with van der Waals surface area (Å²) in [5, 5.41) is 3.10. The van der Waals surface area contributed by atoms with Crippen LogP contribution in [0.2, 0.25) is 0 Å². The Balaban J connectivity index is 1.73. The molecule has 1 saturated heterocycles. The lowest BCUT2D eigenvalue weighted by atomic mass is 10.2. The van der Waals surface area contributed by atoms with E-state index in [2.05, 4.69) is 31.0 Å². The monoisotopic (exact) mass is 240 g/mol. The van der Waals surface area contributed by atoms with Gasteiger partial charge in [0.1, 0.15) is 0 Å². The molecule has 1 amide bonds. The maximum Gasteiger partial charge on any atom is 0.234 e. The van der Waals surface area contributed by atoms with Crippen LogP contribution in [0.3, 0.4) is 0 Å². The quantitative estimate of drug-likeness (QED) is 0.797. The molecule has 0 aromatic carbocycles. The van der Waals surface area contributed by atoms with Crippen molar-refractivity contribution in [3.8, 4) is 0 Å². The molecule has 0 spiro atoms. The van der Waals surface area contributed by atoms with Crippen molar-refractivity contribution >= 4 is 5.91 Å². The molecule has 1 aliphatic heterocycles. The highest BCUT2D eigenvalue weighted by atomic mass is 16.5. The van der Waals surface area contributed by atoms with E-state index in [4.69, 9.17) is 4.74 Å². The summed E-state index contributed by atoms with van der Waals surface area (Å²) < 4.78 is 5.65. The van der Waals surface area contributed by atoms with Crippen LogP contribution in [0, 0.1) is 5.92 Å². The average molecular weight is 240 g/mol. The molecule has 4 heteroatoms. The largest absolute Gasteiger partial charge is 0.373 e. The molecular weight excluding hydrogens is 216 g/mol. The fourth-order valence-electron chi connectivity index (χ4n) is 2.63. The number of hydrogen-bond acceptors (Lipinski definition) is 3. The summed E-state index contributed by atoms with van der Waals surface area (Å²) in [5.41, 5.74) is 0. The number of morpholine rings is 1. The van der Waals surface area contributed by atoms with Crippen LogP contribution in [0.25, 0.3) is 0 Å². The summed E-state index contributed by atoms with van der Waals surface area (Å²) in [6, 6.07) is 0.346. The summed E-state index contributed by atoms with van der Waals surface area (Å²) in [6.07, 6.45) is 3.00. The Kier molecular flexibility index (Phi) is 4.05. The number of amides is 1. The fourth-order valence-corrected chi connectivity index (χ4v) is 2.63. The standard InChI is InChI=1S/C13H24N2O2/c1-9-6-15(7-10(2)17-9)8-13(16)14-11(3)12-4-5-12/h9-12H,4-8H2,1-3H3,(H,14,16). The molecule has 0 radical (unpaired) electrons. The zero-order valence-corrected chi connectivity index (χ0v) is 11.1. The predicted octanol–water partition coefficient (Wildman–Crippen LogP) is 1.01. The zero-order valence-electron chi connectivity index (χ0n) is 11.1. The van der Waals surface area contributed by atoms with Gasteiger partial charge in [-0.1, -0.05) is 0 Å². The molecule has 17 heavy (non-hydrogen) atoms. The molecule has 0 aromatic heterocycles. The molecule has 1 saturated carbocycles. The van der Waals surface area contributed by atoms with Crippen molar-refractivity contribution in [1.29, 1.82) is 0 Å². The van der Waals surface area contributed by atoms with Gasteiger partial charge >= 0.3 is 0 Å². The molecule has 98 valence electrons. The maximum absolute atomic E-state index is 11.9. The van der Waals surface area contributed by atoms with Crippen molar-refractivity contribution in [2.24, 2.45) is 5.92 Å². The Labute approximate surface area is 104 Å². The van der Waals surface area contributed by atoms with Gasteiger partial charge in [-0.25, -0.2) is 0 Å². The lowest BCUT2D eigenvalue weighted by molar-refractivity contribution is -0.126. The first-order valence-electron chi connectivity index (χ1n) is 6.71. The van der Waals surface area contributed by atoms with Gasteiger partial charge in [0.25, 0.3) is 0 Å². The molecule has 1 heterocycles. The Morgan fingerprint density at radius 1 is 1.35 bits per heavy atom. The SMILES string of the molecule is CC1CN(CC(=O)NC(C)C2CC2)CC(C)O1. The van der Waals surface area contributed by atoms with Gasteiger partial charge in [0.2, 0.25) is 5.91 Å². The lowest BCUT2D eigenvalue weighted by Crippen LogP contribution is -2.50. The van der Waals surface area contributed by atoms with Crippen molar-refractivity contribution in [2.45, 2.75) is 51.9 Å². The van der Waals surface area contributed by atoms with Crippen LogP contribution in [-0.4, -0.2) is 48.7 Å². The van der Waals surface area contributed by atoms with Crippen molar-refractivity contribution in [2.75, 3.05) is 19.6 Å². The Bertz CT molecular complexity index is 269. The number of nitrogens with one attached hydrogen (secondary N) is 1. The van der Waals surface area contributed by atoms with E-state index in [9.17, 15) is 4.79 Å². The minimum atomic E-state index is 0.158. The van der Waals surface area contributed by atoms with Crippen LogP contribution in [0.4, 0.5) is 0 Å². The van der Waals surface area contributed by atoms with Gasteiger partial charge < -0.3 is 10.1 Å². The first-order valence-corrected chi connectivity index (χ1v) is 6.71. The second kappa shape index (κ2) is 5.36. The zero-order chi connectivity index (χ0) is 12.4. The van der Waals surface area contributed by atoms with Crippen LogP contribution in [-0.2, 0) is 9.53 Å². The molecule has 4 nitrogen and oxygen atoms in total. The van der Waals surface area contributed by atoms with E-state index < -0.39 is 0 Å². The smallest absolute Gasteiger partial charge is 0.234 e. The molecule has 2 rings (SSSR count). The molecule has 0 bridgehead atoms. The molecule has 0 aromatic rings. The molecule has 1 N–H and O–H groups in total. The first kappa shape index (κ1) is 12.8. The van der Waals surface area contributed by atoms with E-state index in [-0.39, 0.29) is 18.1 Å². The molecular formula is C13H24N2O2. The van der Waals surface area contributed by atoms with Crippen LogP contribution in [0.1, 0.15) is 33.6 Å². The van der Waals surface area contributed by atoms with Crippen LogP contribution in [0.15, 0.2) is 0 Å². The van der Waals surface area contributed by atoms with Gasteiger partial charge in [0.15, 0.2) is 0 Å². The summed E-state index contributed by atoms with van der Waals surface area (Å²) in [7, 11) is 0. The van der Waals surface area contributed by atoms with E-state index in [1.165, 1.54) is 12.8 Å². The Morgan fingerprint density at radius 3 is 2.47 bits per heavy atom. The maximum atomic E-state index is 11.9. The number of rotatable bonds is 4. The molecule has 2 fully saturated rings. The number of nitrogens with zero attached hydrogens (tertiary/aromatic N) is 1. The van der Waals surface area contributed by atoms with Gasteiger partial charge in [0, 0.05) is 19.1 Å². The molecule has 3 unspecified atom stereocenters. The highest BCUT2D eigenvalue weighted by Gasteiger charge is 2.30. The van der Waals surface area contributed by atoms with Gasteiger partial charge in [-0.3, -0.25) is 9.69 Å². The highest BCUT2D eigenvalue weighted by Crippen LogP contribution is 2.32. The summed E-state index contributed by atoms with van der Waals surface area (Å²) in [5.74, 6) is 0.882. The second-order valence-electron chi connectivity index (χ2n) is 5.65.